The zero-order valence-electron chi connectivity index (χ0n) is 19.3. The van der Waals surface area contributed by atoms with Crippen molar-refractivity contribution in [1.29, 1.82) is 0 Å². The molecule has 7 nitrogen and oxygen atoms in total. The van der Waals surface area contributed by atoms with Gasteiger partial charge in [0.15, 0.2) is 23.0 Å². The molecule has 7 heteroatoms. The van der Waals surface area contributed by atoms with E-state index in [-0.39, 0.29) is 11.4 Å². The number of anilines is 1. The summed E-state index contributed by atoms with van der Waals surface area (Å²) in [6.45, 7) is 7.53. The molecule has 1 aliphatic rings. The highest BCUT2D eigenvalue weighted by Crippen LogP contribution is 2.45. The third-order valence-corrected chi connectivity index (χ3v) is 5.27. The van der Waals surface area contributed by atoms with E-state index in [4.69, 9.17) is 14.2 Å². The van der Waals surface area contributed by atoms with E-state index in [1.165, 1.54) is 12.0 Å². The Morgan fingerprint density at radius 3 is 2.38 bits per heavy atom. The normalized spacial score (nSPS) is 16.4. The summed E-state index contributed by atoms with van der Waals surface area (Å²) in [5, 5.41) is 10.8. The molecule has 1 atom stereocenters. The van der Waals surface area contributed by atoms with Crippen LogP contribution in [0.2, 0.25) is 0 Å². The lowest BCUT2D eigenvalue weighted by atomic mass is 9.82. The summed E-state index contributed by atoms with van der Waals surface area (Å²) in [7, 11) is 3.07. The lowest BCUT2D eigenvalue weighted by Gasteiger charge is -2.29. The zero-order valence-corrected chi connectivity index (χ0v) is 19.3. The monoisotopic (exact) mass is 439 g/mol. The van der Waals surface area contributed by atoms with Crippen LogP contribution in [-0.4, -0.2) is 37.6 Å². The number of aliphatic hydroxyl groups is 1. The number of carbonyl (C=O) groups excluding carboxylic acids is 2. The van der Waals surface area contributed by atoms with E-state index in [1.54, 1.807) is 70.3 Å². The maximum atomic E-state index is 13.4. The van der Waals surface area contributed by atoms with E-state index in [0.717, 1.165) is 0 Å². The third-order valence-electron chi connectivity index (χ3n) is 5.27. The summed E-state index contributed by atoms with van der Waals surface area (Å²) in [4.78, 5) is 28.0. The Morgan fingerprint density at radius 1 is 1.06 bits per heavy atom. The number of carbonyl (C=O) groups is 2. The fourth-order valence-electron chi connectivity index (χ4n) is 3.71. The number of hydrogen-bond donors (Lipinski definition) is 1. The van der Waals surface area contributed by atoms with E-state index in [1.807, 2.05) is 6.92 Å². The van der Waals surface area contributed by atoms with Crippen LogP contribution in [0.25, 0.3) is 0 Å². The molecular formula is C25H29NO6. The van der Waals surface area contributed by atoms with Gasteiger partial charge in [-0.05, 0) is 36.8 Å². The quantitative estimate of drug-likeness (QED) is 0.678. The first kappa shape index (κ1) is 23.2. The van der Waals surface area contributed by atoms with Gasteiger partial charge in [-0.3, -0.25) is 14.5 Å². The first-order valence-corrected chi connectivity index (χ1v) is 10.4. The molecule has 170 valence electrons. The van der Waals surface area contributed by atoms with Crippen molar-refractivity contribution in [1.82, 2.24) is 0 Å². The molecule has 0 saturated heterocycles. The number of amides is 1. The number of ether oxygens (including phenoxy) is 3. The second-order valence-electron chi connectivity index (χ2n) is 8.46. The standard InChI is InChI=1S/C25H29NO6/c1-7-32-19-13-15(11-12-18(19)31-6)21-20(23(28)25(2,3)4)22(27)24(29)26(21)16-9-8-10-17(14-16)30-5/h8-14,21,27H,7H2,1-6H3. The van der Waals surface area contributed by atoms with Crippen LogP contribution in [0, 0.1) is 5.41 Å². The molecule has 1 heterocycles. The van der Waals surface area contributed by atoms with Gasteiger partial charge in [-0.25, -0.2) is 0 Å². The number of hydrogen-bond acceptors (Lipinski definition) is 6. The van der Waals surface area contributed by atoms with Gasteiger partial charge in [0.1, 0.15) is 5.75 Å². The van der Waals surface area contributed by atoms with E-state index in [2.05, 4.69) is 0 Å². The zero-order chi connectivity index (χ0) is 23.6. The fraction of sp³-hybridized carbons (Fsp3) is 0.360. The molecule has 3 rings (SSSR count). The van der Waals surface area contributed by atoms with Gasteiger partial charge in [0.25, 0.3) is 5.91 Å². The number of methoxy groups -OCH3 is 2. The number of nitrogens with zero attached hydrogens (tertiary/aromatic N) is 1. The smallest absolute Gasteiger partial charge is 0.294 e. The molecule has 0 radical (unpaired) electrons. The second kappa shape index (κ2) is 8.94. The van der Waals surface area contributed by atoms with Crippen molar-refractivity contribution >= 4 is 17.4 Å². The average Bonchev–Trinajstić information content (AvgIpc) is 3.03. The SMILES string of the molecule is CCOc1cc(C2C(C(=O)C(C)(C)C)=C(O)C(=O)N2c2cccc(OC)c2)ccc1OC. The van der Waals surface area contributed by atoms with Crippen LogP contribution in [0.4, 0.5) is 5.69 Å². The van der Waals surface area contributed by atoms with Crippen LogP contribution in [0.1, 0.15) is 39.3 Å². The molecule has 1 aliphatic heterocycles. The van der Waals surface area contributed by atoms with Gasteiger partial charge >= 0.3 is 0 Å². The predicted octanol–water partition coefficient (Wildman–Crippen LogP) is 4.62. The molecule has 0 saturated carbocycles. The van der Waals surface area contributed by atoms with Crippen molar-refractivity contribution in [2.24, 2.45) is 5.41 Å². The van der Waals surface area contributed by atoms with Crippen LogP contribution in [0.15, 0.2) is 53.8 Å². The largest absolute Gasteiger partial charge is 0.503 e. The highest BCUT2D eigenvalue weighted by atomic mass is 16.5. The van der Waals surface area contributed by atoms with E-state index < -0.39 is 23.1 Å². The number of ketones is 1. The molecule has 2 aromatic carbocycles. The molecular weight excluding hydrogens is 410 g/mol. The van der Waals surface area contributed by atoms with Crippen molar-refractivity contribution < 1.29 is 28.9 Å². The van der Waals surface area contributed by atoms with Crippen molar-refractivity contribution in [2.75, 3.05) is 25.7 Å². The highest BCUT2D eigenvalue weighted by Gasteiger charge is 2.47. The molecule has 1 unspecified atom stereocenters. The summed E-state index contributed by atoms with van der Waals surface area (Å²) in [6, 6.07) is 11.3. The molecule has 2 aromatic rings. The number of rotatable bonds is 7. The average molecular weight is 440 g/mol. The van der Waals surface area contributed by atoms with Gasteiger partial charge in [0.2, 0.25) is 0 Å². The van der Waals surface area contributed by atoms with Crippen molar-refractivity contribution in [3.8, 4) is 17.2 Å². The summed E-state index contributed by atoms with van der Waals surface area (Å²) in [6.07, 6.45) is 0. The van der Waals surface area contributed by atoms with E-state index in [0.29, 0.717) is 35.1 Å². The molecule has 32 heavy (non-hydrogen) atoms. The van der Waals surface area contributed by atoms with Crippen LogP contribution >= 0.6 is 0 Å². The van der Waals surface area contributed by atoms with Crippen molar-refractivity contribution in [3.05, 3.63) is 59.4 Å². The Labute approximate surface area is 188 Å². The minimum atomic E-state index is -0.841. The molecule has 0 fully saturated rings. The van der Waals surface area contributed by atoms with Crippen LogP contribution in [-0.2, 0) is 9.59 Å². The predicted molar refractivity (Wildman–Crippen MR) is 122 cm³/mol. The maximum absolute atomic E-state index is 13.4. The Morgan fingerprint density at radius 2 is 1.78 bits per heavy atom. The summed E-state index contributed by atoms with van der Waals surface area (Å²) < 4.78 is 16.4. The molecule has 0 aromatic heterocycles. The van der Waals surface area contributed by atoms with Crippen LogP contribution < -0.4 is 19.1 Å². The van der Waals surface area contributed by atoms with Gasteiger partial charge in [-0.1, -0.05) is 32.9 Å². The third kappa shape index (κ3) is 4.15. The van der Waals surface area contributed by atoms with Gasteiger partial charge in [0.05, 0.1) is 32.4 Å². The minimum Gasteiger partial charge on any atom is -0.503 e. The highest BCUT2D eigenvalue weighted by molar-refractivity contribution is 6.17. The molecule has 0 spiro atoms. The van der Waals surface area contributed by atoms with Gasteiger partial charge in [-0.2, -0.15) is 0 Å². The Kier molecular flexibility index (Phi) is 6.48. The van der Waals surface area contributed by atoms with Crippen LogP contribution in [0.5, 0.6) is 17.2 Å². The first-order chi connectivity index (χ1) is 15.1. The second-order valence-corrected chi connectivity index (χ2v) is 8.46. The van der Waals surface area contributed by atoms with Gasteiger partial charge in [-0.15, -0.1) is 0 Å². The number of Topliss-reactive ketones (excluding diaryl/α,β-unsaturated/α-hetero) is 1. The van der Waals surface area contributed by atoms with E-state index in [9.17, 15) is 14.7 Å². The Balaban J connectivity index is 2.24. The Bertz CT molecular complexity index is 1070. The Hall–Kier alpha value is -3.48. The van der Waals surface area contributed by atoms with E-state index >= 15 is 0 Å². The topological polar surface area (TPSA) is 85.3 Å². The summed E-state index contributed by atoms with van der Waals surface area (Å²) in [5.74, 6) is 0.0572. The summed E-state index contributed by atoms with van der Waals surface area (Å²) in [5.41, 5.74) is 0.359. The van der Waals surface area contributed by atoms with Crippen molar-refractivity contribution in [2.45, 2.75) is 33.7 Å². The van der Waals surface area contributed by atoms with Gasteiger partial charge < -0.3 is 19.3 Å². The van der Waals surface area contributed by atoms with Gasteiger partial charge in [0, 0.05) is 17.2 Å². The lowest BCUT2D eigenvalue weighted by molar-refractivity contribution is -0.123. The number of benzene rings is 2. The molecule has 1 amide bonds. The van der Waals surface area contributed by atoms with Crippen molar-refractivity contribution in [3.63, 3.8) is 0 Å². The summed E-state index contributed by atoms with van der Waals surface area (Å²) >= 11 is 0. The maximum Gasteiger partial charge on any atom is 0.294 e. The number of aliphatic hydroxyl groups excluding tert-OH is 1. The molecule has 1 N–H and O–H groups in total. The fourth-order valence-corrected chi connectivity index (χ4v) is 3.71. The first-order valence-electron chi connectivity index (χ1n) is 10.4. The minimum absolute atomic E-state index is 0.0536. The lowest BCUT2D eigenvalue weighted by Crippen LogP contribution is -2.32. The molecule has 0 aliphatic carbocycles. The van der Waals surface area contributed by atoms with Crippen LogP contribution in [0.3, 0.4) is 0 Å². The molecule has 0 bridgehead atoms.